The molecule has 98 valence electrons. The van der Waals surface area contributed by atoms with Gasteiger partial charge in [-0.2, -0.15) is 0 Å². The van der Waals surface area contributed by atoms with Crippen molar-refractivity contribution in [2.75, 3.05) is 18.4 Å². The smallest absolute Gasteiger partial charge is 0.150 e. The van der Waals surface area contributed by atoms with Gasteiger partial charge in [0.15, 0.2) is 0 Å². The zero-order chi connectivity index (χ0) is 12.9. The van der Waals surface area contributed by atoms with Gasteiger partial charge in [0, 0.05) is 25.1 Å². The largest absolute Gasteiger partial charge is 0.324 e. The van der Waals surface area contributed by atoms with E-state index in [0.29, 0.717) is 5.82 Å². The third-order valence-corrected chi connectivity index (χ3v) is 3.25. The number of pyridine rings is 1. The number of nitrogens with one attached hydrogen (secondary N) is 1. The Bertz CT molecular complexity index is 522. The van der Waals surface area contributed by atoms with Crippen LogP contribution in [0.2, 0.25) is 0 Å². The topological polar surface area (TPSA) is 53.9 Å². The number of anilines is 2. The highest BCUT2D eigenvalue weighted by Gasteiger charge is 2.11. The standard InChI is InChI=1S/C14H17N5/c1-2-8-19(7-1)11-12-3-4-16-13(9-12)18-14-10-15-5-6-17-14/h3-6,9-10H,1-2,7-8,11H2,(H,16,17,18). The molecule has 2 aromatic rings. The van der Waals surface area contributed by atoms with E-state index in [1.54, 1.807) is 18.6 Å². The van der Waals surface area contributed by atoms with Crippen LogP contribution in [0, 0.1) is 0 Å². The van der Waals surface area contributed by atoms with Crippen molar-refractivity contribution in [3.8, 4) is 0 Å². The molecule has 1 N–H and O–H groups in total. The Labute approximate surface area is 112 Å². The summed E-state index contributed by atoms with van der Waals surface area (Å²) in [6.45, 7) is 3.40. The molecule has 0 amide bonds. The summed E-state index contributed by atoms with van der Waals surface area (Å²) >= 11 is 0. The molecular formula is C14H17N5. The van der Waals surface area contributed by atoms with Gasteiger partial charge in [-0.25, -0.2) is 9.97 Å². The zero-order valence-electron chi connectivity index (χ0n) is 10.8. The minimum atomic E-state index is 0.716. The Morgan fingerprint density at radius 1 is 1.05 bits per heavy atom. The molecule has 3 rings (SSSR count). The fraction of sp³-hybridized carbons (Fsp3) is 0.357. The summed E-state index contributed by atoms with van der Waals surface area (Å²) in [7, 11) is 0. The third-order valence-electron chi connectivity index (χ3n) is 3.25. The van der Waals surface area contributed by atoms with Crippen LogP contribution < -0.4 is 5.32 Å². The molecule has 0 radical (unpaired) electrons. The molecule has 0 bridgehead atoms. The lowest BCUT2D eigenvalue weighted by molar-refractivity contribution is 0.331. The quantitative estimate of drug-likeness (QED) is 0.907. The summed E-state index contributed by atoms with van der Waals surface area (Å²) in [4.78, 5) is 15.0. The summed E-state index contributed by atoms with van der Waals surface area (Å²) in [5.41, 5.74) is 1.28. The molecule has 5 nitrogen and oxygen atoms in total. The van der Waals surface area contributed by atoms with E-state index in [1.165, 1.54) is 31.5 Å². The van der Waals surface area contributed by atoms with Crippen LogP contribution in [0.4, 0.5) is 11.6 Å². The molecule has 0 saturated carbocycles. The van der Waals surface area contributed by atoms with Gasteiger partial charge in [-0.15, -0.1) is 0 Å². The van der Waals surface area contributed by atoms with Crippen molar-refractivity contribution in [2.24, 2.45) is 0 Å². The lowest BCUT2D eigenvalue weighted by Gasteiger charge is -2.15. The van der Waals surface area contributed by atoms with E-state index < -0.39 is 0 Å². The van der Waals surface area contributed by atoms with Gasteiger partial charge in [-0.05, 0) is 43.6 Å². The highest BCUT2D eigenvalue weighted by Crippen LogP contribution is 2.16. The predicted octanol–water partition coefficient (Wildman–Crippen LogP) is 2.21. The van der Waals surface area contributed by atoms with E-state index in [9.17, 15) is 0 Å². The van der Waals surface area contributed by atoms with E-state index >= 15 is 0 Å². The Balaban J connectivity index is 1.69. The van der Waals surface area contributed by atoms with Crippen LogP contribution in [0.15, 0.2) is 36.9 Å². The first-order valence-electron chi connectivity index (χ1n) is 6.60. The van der Waals surface area contributed by atoms with Crippen LogP contribution in [0.3, 0.4) is 0 Å². The minimum absolute atomic E-state index is 0.716. The molecule has 5 heteroatoms. The van der Waals surface area contributed by atoms with Crippen LogP contribution in [0.5, 0.6) is 0 Å². The molecule has 3 heterocycles. The Morgan fingerprint density at radius 2 is 1.89 bits per heavy atom. The Kier molecular flexibility index (Phi) is 3.65. The highest BCUT2D eigenvalue weighted by molar-refractivity contribution is 5.50. The van der Waals surface area contributed by atoms with Gasteiger partial charge in [0.05, 0.1) is 6.20 Å². The van der Waals surface area contributed by atoms with Gasteiger partial charge in [-0.1, -0.05) is 0 Å². The van der Waals surface area contributed by atoms with Crippen LogP contribution >= 0.6 is 0 Å². The maximum atomic E-state index is 4.31. The number of aromatic nitrogens is 3. The van der Waals surface area contributed by atoms with Crippen molar-refractivity contribution in [3.05, 3.63) is 42.5 Å². The fourth-order valence-corrected chi connectivity index (χ4v) is 2.33. The monoisotopic (exact) mass is 255 g/mol. The fourth-order valence-electron chi connectivity index (χ4n) is 2.33. The lowest BCUT2D eigenvalue weighted by Crippen LogP contribution is -2.18. The van der Waals surface area contributed by atoms with E-state index in [2.05, 4.69) is 37.3 Å². The van der Waals surface area contributed by atoms with Crippen molar-refractivity contribution in [1.82, 2.24) is 19.9 Å². The second kappa shape index (κ2) is 5.75. The molecule has 1 fully saturated rings. The number of likely N-dealkylation sites (tertiary alicyclic amines) is 1. The van der Waals surface area contributed by atoms with Gasteiger partial charge < -0.3 is 5.32 Å². The number of hydrogen-bond acceptors (Lipinski definition) is 5. The van der Waals surface area contributed by atoms with Crippen molar-refractivity contribution in [3.63, 3.8) is 0 Å². The van der Waals surface area contributed by atoms with Gasteiger partial charge >= 0.3 is 0 Å². The second-order valence-corrected chi connectivity index (χ2v) is 4.75. The SMILES string of the molecule is c1cnc(Nc2cc(CN3CCCC3)ccn2)cn1. The summed E-state index contributed by atoms with van der Waals surface area (Å²) < 4.78 is 0. The van der Waals surface area contributed by atoms with Crippen molar-refractivity contribution < 1.29 is 0 Å². The number of hydrogen-bond donors (Lipinski definition) is 1. The normalized spacial score (nSPS) is 15.6. The van der Waals surface area contributed by atoms with Gasteiger partial charge in [-0.3, -0.25) is 9.88 Å². The van der Waals surface area contributed by atoms with Crippen LogP contribution in [0.25, 0.3) is 0 Å². The molecule has 0 aromatic carbocycles. The number of rotatable bonds is 4. The van der Waals surface area contributed by atoms with E-state index in [4.69, 9.17) is 0 Å². The number of nitrogens with zero attached hydrogens (tertiary/aromatic N) is 4. The average Bonchev–Trinajstić information content (AvgIpc) is 2.93. The summed E-state index contributed by atoms with van der Waals surface area (Å²) in [5, 5.41) is 3.17. The van der Waals surface area contributed by atoms with Crippen LogP contribution in [-0.4, -0.2) is 32.9 Å². The van der Waals surface area contributed by atoms with Crippen molar-refractivity contribution in [2.45, 2.75) is 19.4 Å². The van der Waals surface area contributed by atoms with Gasteiger partial charge in [0.25, 0.3) is 0 Å². The van der Waals surface area contributed by atoms with Gasteiger partial charge in [0.2, 0.25) is 0 Å². The summed E-state index contributed by atoms with van der Waals surface area (Å²) in [5.74, 6) is 1.53. The van der Waals surface area contributed by atoms with Crippen molar-refractivity contribution in [1.29, 1.82) is 0 Å². The molecule has 0 aliphatic carbocycles. The maximum absolute atomic E-state index is 4.31. The summed E-state index contributed by atoms with van der Waals surface area (Å²) in [6.07, 6.45) is 9.48. The molecule has 2 aromatic heterocycles. The first-order chi connectivity index (χ1) is 9.40. The molecule has 1 saturated heterocycles. The van der Waals surface area contributed by atoms with E-state index in [0.717, 1.165) is 12.4 Å². The molecule has 1 aliphatic heterocycles. The molecule has 1 aliphatic rings. The highest BCUT2D eigenvalue weighted by atomic mass is 15.1. The average molecular weight is 255 g/mol. The molecule has 0 atom stereocenters. The molecule has 19 heavy (non-hydrogen) atoms. The Hall–Kier alpha value is -2.01. The molecule has 0 spiro atoms. The predicted molar refractivity (Wildman–Crippen MR) is 74.1 cm³/mol. The molecule has 0 unspecified atom stereocenters. The first kappa shape index (κ1) is 12.0. The van der Waals surface area contributed by atoms with E-state index in [1.807, 2.05) is 6.20 Å². The Morgan fingerprint density at radius 3 is 2.68 bits per heavy atom. The summed E-state index contributed by atoms with van der Waals surface area (Å²) in [6, 6.07) is 4.15. The zero-order valence-corrected chi connectivity index (χ0v) is 10.8. The van der Waals surface area contributed by atoms with Gasteiger partial charge in [0.1, 0.15) is 11.6 Å². The van der Waals surface area contributed by atoms with Crippen molar-refractivity contribution >= 4 is 11.6 Å². The first-order valence-corrected chi connectivity index (χ1v) is 6.60. The lowest BCUT2D eigenvalue weighted by atomic mass is 10.2. The second-order valence-electron chi connectivity index (χ2n) is 4.75. The molecular weight excluding hydrogens is 238 g/mol. The third kappa shape index (κ3) is 3.26. The maximum Gasteiger partial charge on any atom is 0.150 e. The minimum Gasteiger partial charge on any atom is -0.324 e. The van der Waals surface area contributed by atoms with Crippen LogP contribution in [-0.2, 0) is 6.54 Å². The van der Waals surface area contributed by atoms with E-state index in [-0.39, 0.29) is 0 Å². The van der Waals surface area contributed by atoms with Crippen LogP contribution in [0.1, 0.15) is 18.4 Å².